The smallest absolute Gasteiger partial charge is 0.267 e. The molecule has 2 saturated heterocycles. The molecule has 0 atom stereocenters. The van der Waals surface area contributed by atoms with Crippen LogP contribution in [0.3, 0.4) is 0 Å². The number of amides is 1. The lowest BCUT2D eigenvalue weighted by Gasteiger charge is -2.26. The Morgan fingerprint density at radius 3 is 2.28 bits per heavy atom. The first-order chi connectivity index (χ1) is 21.2. The van der Waals surface area contributed by atoms with Gasteiger partial charge in [-0.25, -0.2) is 4.98 Å². The topological polar surface area (TPSA) is 89.2 Å². The molecule has 0 aliphatic carbocycles. The summed E-state index contributed by atoms with van der Waals surface area (Å²) in [5, 5.41) is 8.82. The van der Waals surface area contributed by atoms with Crippen LogP contribution in [-0.2, 0) is 0 Å². The van der Waals surface area contributed by atoms with Crippen molar-refractivity contribution in [3.8, 4) is 11.3 Å². The Labute approximate surface area is 256 Å². The quantitative estimate of drug-likeness (QED) is 0.170. The molecule has 43 heavy (non-hydrogen) atoms. The number of pyridine rings is 2. The van der Waals surface area contributed by atoms with Crippen molar-refractivity contribution in [2.75, 3.05) is 57.7 Å². The molecular weight excluding hydrogens is 534 g/mol. The first-order valence-electron chi connectivity index (χ1n) is 16.6. The van der Waals surface area contributed by atoms with E-state index in [1.54, 1.807) is 6.20 Å². The molecule has 1 amide bonds. The summed E-state index contributed by atoms with van der Waals surface area (Å²) in [5.41, 5.74) is 5.45. The maximum absolute atomic E-state index is 12.9. The van der Waals surface area contributed by atoms with E-state index in [9.17, 15) is 4.79 Å². The Bertz CT molecular complexity index is 1450. The fraction of sp³-hybridized carbons (Fsp3) is 0.514. The van der Waals surface area contributed by atoms with Gasteiger partial charge in [-0.1, -0.05) is 38.8 Å². The first-order valence-corrected chi connectivity index (χ1v) is 16.6. The molecule has 3 aromatic heterocycles. The third-order valence-electron chi connectivity index (χ3n) is 8.57. The molecular formula is C35H49N7O. The number of anilines is 1. The number of aromatic amines is 1. The maximum atomic E-state index is 12.9. The van der Waals surface area contributed by atoms with E-state index >= 15 is 0 Å². The van der Waals surface area contributed by atoms with Crippen molar-refractivity contribution in [3.63, 3.8) is 0 Å². The Kier molecular flexibility index (Phi) is 11.4. The van der Waals surface area contributed by atoms with Gasteiger partial charge in [0.15, 0.2) is 0 Å². The van der Waals surface area contributed by atoms with Gasteiger partial charge in [-0.05, 0) is 102 Å². The molecule has 0 unspecified atom stereocenters. The SMILES string of the molecule is CC.O=C(NCCCN1CCCCC1)c1cc2ccc(-c3cc(NCCCN4CCCCC4)c4cnccc4n3)cc2[nH]1. The number of hydrogen-bond acceptors (Lipinski definition) is 6. The van der Waals surface area contributed by atoms with Gasteiger partial charge in [-0.3, -0.25) is 9.78 Å². The van der Waals surface area contributed by atoms with Gasteiger partial charge in [-0.15, -0.1) is 0 Å². The number of benzene rings is 1. The first kappa shape index (κ1) is 31.0. The number of nitrogens with zero attached hydrogens (tertiary/aromatic N) is 4. The number of likely N-dealkylation sites (tertiary alicyclic amines) is 2. The average Bonchev–Trinajstić information content (AvgIpc) is 3.51. The number of carbonyl (C=O) groups excluding carboxylic acids is 1. The normalized spacial score (nSPS) is 16.1. The number of aromatic nitrogens is 3. The summed E-state index contributed by atoms with van der Waals surface area (Å²) >= 11 is 0. The van der Waals surface area contributed by atoms with E-state index in [1.807, 2.05) is 32.2 Å². The lowest BCUT2D eigenvalue weighted by Crippen LogP contribution is -2.33. The lowest BCUT2D eigenvalue weighted by atomic mass is 10.1. The van der Waals surface area contributed by atoms with Crippen molar-refractivity contribution in [3.05, 3.63) is 54.5 Å². The van der Waals surface area contributed by atoms with Crippen LogP contribution in [-0.4, -0.2) is 83.0 Å². The predicted molar refractivity (Wildman–Crippen MR) is 179 cm³/mol. The molecule has 8 nitrogen and oxygen atoms in total. The van der Waals surface area contributed by atoms with Gasteiger partial charge < -0.3 is 25.4 Å². The molecule has 2 aliphatic heterocycles. The highest BCUT2D eigenvalue weighted by molar-refractivity contribution is 5.99. The molecule has 230 valence electrons. The second-order valence-corrected chi connectivity index (χ2v) is 11.6. The third-order valence-corrected chi connectivity index (χ3v) is 8.57. The fourth-order valence-electron chi connectivity index (χ4n) is 6.26. The summed E-state index contributed by atoms with van der Waals surface area (Å²) in [7, 11) is 0. The Hall–Kier alpha value is -3.49. The minimum absolute atomic E-state index is 0.0474. The van der Waals surface area contributed by atoms with Gasteiger partial charge in [0.05, 0.1) is 11.2 Å². The maximum Gasteiger partial charge on any atom is 0.267 e. The highest BCUT2D eigenvalue weighted by Crippen LogP contribution is 2.30. The lowest BCUT2D eigenvalue weighted by molar-refractivity contribution is 0.0947. The van der Waals surface area contributed by atoms with E-state index in [1.165, 1.54) is 64.7 Å². The Balaban J connectivity index is 0.00000180. The number of fused-ring (bicyclic) bond motifs is 2. The molecule has 2 aliphatic rings. The van der Waals surface area contributed by atoms with Gasteiger partial charge >= 0.3 is 0 Å². The number of nitrogens with one attached hydrogen (secondary N) is 3. The van der Waals surface area contributed by atoms with Crippen LogP contribution in [0.1, 0.15) is 75.7 Å². The van der Waals surface area contributed by atoms with Crippen LogP contribution in [0.15, 0.2) is 48.8 Å². The van der Waals surface area contributed by atoms with Crippen molar-refractivity contribution in [1.82, 2.24) is 30.1 Å². The molecule has 4 aromatic rings. The standard InChI is InChI=1S/C33H43N7O.C2H6/c41-33(36-13-8-20-40-17-5-2-6-18-40)32-22-26-10-9-25(21-29(26)38-32)30-23-31(27-24-34-14-11-28(27)37-30)35-12-7-19-39-15-3-1-4-16-39;1-2/h9-11,14,21-24,38H,1-8,12-13,15-20H2,(H,35,37)(H,36,41);1-2H3. The molecule has 0 radical (unpaired) electrons. The Morgan fingerprint density at radius 2 is 1.56 bits per heavy atom. The zero-order chi connectivity index (χ0) is 29.9. The second kappa shape index (κ2) is 15.8. The summed E-state index contributed by atoms with van der Waals surface area (Å²) in [6.45, 7) is 12.6. The van der Waals surface area contributed by atoms with Gasteiger partial charge in [-0.2, -0.15) is 0 Å². The van der Waals surface area contributed by atoms with Crippen LogP contribution in [0, 0.1) is 0 Å². The highest BCUT2D eigenvalue weighted by atomic mass is 16.1. The number of rotatable bonds is 11. The molecule has 1 aromatic carbocycles. The summed E-state index contributed by atoms with van der Waals surface area (Å²) in [5.74, 6) is -0.0474. The van der Waals surface area contributed by atoms with E-state index in [0.717, 1.165) is 71.2 Å². The van der Waals surface area contributed by atoms with Crippen molar-refractivity contribution in [2.45, 2.75) is 65.2 Å². The number of carbonyl (C=O) groups is 1. The van der Waals surface area contributed by atoms with Gasteiger partial charge in [0, 0.05) is 53.0 Å². The zero-order valence-corrected chi connectivity index (χ0v) is 26.1. The Morgan fingerprint density at radius 1 is 0.860 bits per heavy atom. The molecule has 2 fully saturated rings. The van der Waals surface area contributed by atoms with Crippen molar-refractivity contribution in [2.24, 2.45) is 0 Å². The minimum Gasteiger partial charge on any atom is -0.384 e. The molecule has 5 heterocycles. The van der Waals surface area contributed by atoms with Crippen LogP contribution in [0.25, 0.3) is 33.1 Å². The van der Waals surface area contributed by atoms with Crippen LogP contribution < -0.4 is 10.6 Å². The third kappa shape index (κ3) is 8.33. The average molecular weight is 584 g/mol. The molecule has 3 N–H and O–H groups in total. The monoisotopic (exact) mass is 583 g/mol. The summed E-state index contributed by atoms with van der Waals surface area (Å²) in [6.07, 6.45) is 13.7. The zero-order valence-electron chi connectivity index (χ0n) is 26.1. The van der Waals surface area contributed by atoms with Crippen LogP contribution in [0.4, 0.5) is 5.69 Å². The minimum atomic E-state index is -0.0474. The number of H-pyrrole nitrogens is 1. The largest absolute Gasteiger partial charge is 0.384 e. The highest BCUT2D eigenvalue weighted by Gasteiger charge is 2.14. The van der Waals surface area contributed by atoms with E-state index in [2.05, 4.69) is 54.7 Å². The van der Waals surface area contributed by atoms with Crippen molar-refractivity contribution < 1.29 is 4.79 Å². The van der Waals surface area contributed by atoms with Crippen LogP contribution >= 0.6 is 0 Å². The van der Waals surface area contributed by atoms with Gasteiger partial charge in [0.1, 0.15) is 5.69 Å². The van der Waals surface area contributed by atoms with Crippen molar-refractivity contribution in [1.29, 1.82) is 0 Å². The van der Waals surface area contributed by atoms with Crippen molar-refractivity contribution >= 4 is 33.4 Å². The molecule has 0 bridgehead atoms. The second-order valence-electron chi connectivity index (χ2n) is 11.6. The summed E-state index contributed by atoms with van der Waals surface area (Å²) < 4.78 is 0. The summed E-state index contributed by atoms with van der Waals surface area (Å²) in [4.78, 5) is 30.6. The fourth-order valence-corrected chi connectivity index (χ4v) is 6.26. The van der Waals surface area contributed by atoms with E-state index in [-0.39, 0.29) is 5.91 Å². The van der Waals surface area contributed by atoms with Gasteiger partial charge in [0.2, 0.25) is 0 Å². The molecule has 8 heteroatoms. The van der Waals surface area contributed by atoms with Crippen LogP contribution in [0.5, 0.6) is 0 Å². The molecule has 0 saturated carbocycles. The molecule has 0 spiro atoms. The van der Waals surface area contributed by atoms with Gasteiger partial charge in [0.25, 0.3) is 5.91 Å². The predicted octanol–water partition coefficient (Wildman–Crippen LogP) is 6.70. The van der Waals surface area contributed by atoms with E-state index < -0.39 is 0 Å². The van der Waals surface area contributed by atoms with Crippen LogP contribution in [0.2, 0.25) is 0 Å². The van der Waals surface area contributed by atoms with E-state index in [0.29, 0.717) is 12.2 Å². The number of piperidine rings is 2. The number of hydrogen-bond donors (Lipinski definition) is 3. The summed E-state index contributed by atoms with van der Waals surface area (Å²) in [6, 6.07) is 12.3. The molecule has 6 rings (SSSR count). The van der Waals surface area contributed by atoms with E-state index in [4.69, 9.17) is 4.98 Å².